The highest BCUT2D eigenvalue weighted by atomic mass is 16.1. The number of nitrogens with zero attached hydrogens (tertiary/aromatic N) is 5. The summed E-state index contributed by atoms with van der Waals surface area (Å²) in [6.45, 7) is 3.54. The Morgan fingerprint density at radius 1 is 0.935 bits per heavy atom. The molecule has 0 radical (unpaired) electrons. The fraction of sp³-hybridized carbons (Fsp3) is 0.667. The van der Waals surface area contributed by atoms with Crippen LogP contribution in [-0.2, 0) is 32.2 Å². The summed E-state index contributed by atoms with van der Waals surface area (Å²) in [5, 5.41) is 8.32. The average Bonchev–Trinajstić information content (AvgIpc) is 3.09. The molecule has 1 fully saturated rings. The van der Waals surface area contributed by atoms with Crippen LogP contribution in [0.1, 0.15) is 67.5 Å². The summed E-state index contributed by atoms with van der Waals surface area (Å²) >= 11 is 0. The Hall–Kier alpha value is -2.28. The molecule has 0 saturated carbocycles. The molecular formula is C24H34N6O. The van der Waals surface area contributed by atoms with Crippen molar-refractivity contribution in [3.63, 3.8) is 0 Å². The fourth-order valence-electron chi connectivity index (χ4n) is 5.47. The van der Waals surface area contributed by atoms with E-state index >= 15 is 0 Å². The lowest BCUT2D eigenvalue weighted by Gasteiger charge is -2.36. The molecule has 1 atom stereocenters. The van der Waals surface area contributed by atoms with Gasteiger partial charge < -0.3 is 5.32 Å². The highest BCUT2D eigenvalue weighted by molar-refractivity contribution is 5.46. The van der Waals surface area contributed by atoms with E-state index in [9.17, 15) is 4.79 Å². The Kier molecular flexibility index (Phi) is 6.30. The van der Waals surface area contributed by atoms with Gasteiger partial charge >= 0.3 is 0 Å². The van der Waals surface area contributed by atoms with E-state index in [4.69, 9.17) is 0 Å². The van der Waals surface area contributed by atoms with Gasteiger partial charge in [0.05, 0.1) is 12.2 Å². The Labute approximate surface area is 184 Å². The van der Waals surface area contributed by atoms with E-state index in [1.54, 1.807) is 11.0 Å². The second kappa shape index (κ2) is 9.47. The quantitative estimate of drug-likeness (QED) is 0.722. The number of hydrogen-bond donors (Lipinski definition) is 1. The van der Waals surface area contributed by atoms with Crippen molar-refractivity contribution >= 4 is 5.82 Å². The van der Waals surface area contributed by atoms with Crippen molar-refractivity contribution in [2.45, 2.75) is 83.2 Å². The molecule has 3 aliphatic rings. The van der Waals surface area contributed by atoms with Gasteiger partial charge in [-0.05, 0) is 69.9 Å². The number of likely N-dealkylation sites (tertiary alicyclic amines) is 1. The molecule has 0 spiro atoms. The van der Waals surface area contributed by atoms with Crippen LogP contribution in [0.25, 0.3) is 0 Å². The highest BCUT2D eigenvalue weighted by Crippen LogP contribution is 2.25. The predicted molar refractivity (Wildman–Crippen MR) is 122 cm³/mol. The lowest BCUT2D eigenvalue weighted by molar-refractivity contribution is 0.148. The molecule has 1 saturated heterocycles. The molecule has 7 heteroatoms. The molecule has 1 aliphatic heterocycles. The van der Waals surface area contributed by atoms with Gasteiger partial charge in [-0.3, -0.25) is 9.69 Å². The Morgan fingerprint density at radius 3 is 2.81 bits per heavy atom. The first-order valence-corrected chi connectivity index (χ1v) is 12.2. The van der Waals surface area contributed by atoms with Crippen LogP contribution in [0.15, 0.2) is 17.2 Å². The minimum absolute atomic E-state index is 0.0519. The summed E-state index contributed by atoms with van der Waals surface area (Å²) in [4.78, 5) is 24.1. The average molecular weight is 423 g/mol. The maximum Gasteiger partial charge on any atom is 0.267 e. The fourth-order valence-corrected chi connectivity index (χ4v) is 5.47. The summed E-state index contributed by atoms with van der Waals surface area (Å²) < 4.78 is 1.69. The van der Waals surface area contributed by atoms with E-state index in [-0.39, 0.29) is 5.56 Å². The summed E-state index contributed by atoms with van der Waals surface area (Å²) in [6.07, 6.45) is 14.4. The summed E-state index contributed by atoms with van der Waals surface area (Å²) in [5.74, 6) is 1.04. The van der Waals surface area contributed by atoms with E-state index in [0.717, 1.165) is 68.8 Å². The molecule has 31 heavy (non-hydrogen) atoms. The predicted octanol–water partition coefficient (Wildman–Crippen LogP) is 2.76. The molecule has 5 rings (SSSR count). The maximum atomic E-state index is 12.5. The summed E-state index contributed by atoms with van der Waals surface area (Å²) in [5.41, 5.74) is 4.90. The molecule has 2 aromatic heterocycles. The van der Waals surface area contributed by atoms with E-state index in [2.05, 4.69) is 25.3 Å². The SMILES string of the molecule is O=c1cc2c(nn1CCN1CCCCC1CNc1ncnc3c1CCCCC3)CCC2. The standard InChI is InChI=1S/C24H34N6O/c31-23-15-18-7-6-11-21(18)28-30(23)14-13-29-12-5-4-8-19(29)16-25-24-20-9-2-1-3-10-22(20)26-17-27-24/h15,17,19H,1-14,16H2,(H,25,26,27). The molecule has 1 unspecified atom stereocenters. The van der Waals surface area contributed by atoms with Gasteiger partial charge in [-0.2, -0.15) is 5.10 Å². The van der Waals surface area contributed by atoms with Crippen molar-refractivity contribution in [2.24, 2.45) is 0 Å². The van der Waals surface area contributed by atoms with Crippen molar-refractivity contribution in [3.8, 4) is 0 Å². The molecule has 2 aliphatic carbocycles. The molecule has 2 aromatic rings. The second-order valence-electron chi connectivity index (χ2n) is 9.31. The molecule has 7 nitrogen and oxygen atoms in total. The van der Waals surface area contributed by atoms with Gasteiger partial charge in [0.25, 0.3) is 5.56 Å². The first-order valence-electron chi connectivity index (χ1n) is 12.2. The summed E-state index contributed by atoms with van der Waals surface area (Å²) in [6, 6.07) is 2.28. The Balaban J connectivity index is 1.23. The smallest absolute Gasteiger partial charge is 0.267 e. The third-order valence-corrected chi connectivity index (χ3v) is 7.25. The third-order valence-electron chi connectivity index (χ3n) is 7.25. The Morgan fingerprint density at radius 2 is 1.84 bits per heavy atom. The number of anilines is 1. The molecular weight excluding hydrogens is 388 g/mol. The van der Waals surface area contributed by atoms with E-state index in [1.807, 2.05) is 6.07 Å². The number of rotatable bonds is 6. The van der Waals surface area contributed by atoms with Crippen LogP contribution < -0.4 is 10.9 Å². The number of aryl methyl sites for hydroxylation is 3. The van der Waals surface area contributed by atoms with Crippen LogP contribution in [0, 0.1) is 0 Å². The van der Waals surface area contributed by atoms with Crippen LogP contribution in [0.3, 0.4) is 0 Å². The third kappa shape index (κ3) is 4.66. The minimum Gasteiger partial charge on any atom is -0.368 e. The van der Waals surface area contributed by atoms with Crippen LogP contribution in [0.2, 0.25) is 0 Å². The number of aromatic nitrogens is 4. The van der Waals surface area contributed by atoms with Crippen molar-refractivity contribution in [3.05, 3.63) is 45.3 Å². The first kappa shape index (κ1) is 20.6. The van der Waals surface area contributed by atoms with Crippen molar-refractivity contribution in [2.75, 3.05) is 25.0 Å². The zero-order valence-corrected chi connectivity index (χ0v) is 18.5. The maximum absolute atomic E-state index is 12.5. The summed E-state index contributed by atoms with van der Waals surface area (Å²) in [7, 11) is 0. The number of fused-ring (bicyclic) bond motifs is 2. The number of piperidine rings is 1. The lowest BCUT2D eigenvalue weighted by atomic mass is 10.0. The largest absolute Gasteiger partial charge is 0.368 e. The second-order valence-corrected chi connectivity index (χ2v) is 9.31. The monoisotopic (exact) mass is 422 g/mol. The normalized spacial score (nSPS) is 21.4. The molecule has 3 heterocycles. The van der Waals surface area contributed by atoms with Gasteiger partial charge in [0, 0.05) is 36.5 Å². The van der Waals surface area contributed by atoms with Crippen LogP contribution in [-0.4, -0.2) is 50.3 Å². The van der Waals surface area contributed by atoms with E-state index in [1.165, 1.54) is 49.8 Å². The zero-order chi connectivity index (χ0) is 21.0. The minimum atomic E-state index is 0.0519. The molecule has 166 valence electrons. The van der Waals surface area contributed by atoms with Crippen LogP contribution >= 0.6 is 0 Å². The number of nitrogens with one attached hydrogen (secondary N) is 1. The highest BCUT2D eigenvalue weighted by Gasteiger charge is 2.24. The van der Waals surface area contributed by atoms with Gasteiger partial charge in [0.15, 0.2) is 0 Å². The van der Waals surface area contributed by atoms with E-state index in [0.29, 0.717) is 12.6 Å². The van der Waals surface area contributed by atoms with E-state index < -0.39 is 0 Å². The van der Waals surface area contributed by atoms with Gasteiger partial charge in [-0.1, -0.05) is 12.8 Å². The van der Waals surface area contributed by atoms with Crippen LogP contribution in [0.5, 0.6) is 0 Å². The van der Waals surface area contributed by atoms with Gasteiger partial charge in [-0.25, -0.2) is 14.6 Å². The zero-order valence-electron chi connectivity index (χ0n) is 18.5. The van der Waals surface area contributed by atoms with Gasteiger partial charge in [-0.15, -0.1) is 0 Å². The number of hydrogen-bond acceptors (Lipinski definition) is 6. The van der Waals surface area contributed by atoms with Crippen molar-refractivity contribution in [1.29, 1.82) is 0 Å². The molecule has 1 N–H and O–H groups in total. The first-order chi connectivity index (χ1) is 15.3. The molecule has 0 aromatic carbocycles. The van der Waals surface area contributed by atoms with Crippen molar-refractivity contribution in [1.82, 2.24) is 24.6 Å². The van der Waals surface area contributed by atoms with Gasteiger partial charge in [0.2, 0.25) is 0 Å². The molecule has 0 bridgehead atoms. The van der Waals surface area contributed by atoms with Crippen molar-refractivity contribution < 1.29 is 0 Å². The van der Waals surface area contributed by atoms with Crippen LogP contribution in [0.4, 0.5) is 5.82 Å². The van der Waals surface area contributed by atoms with Gasteiger partial charge in [0.1, 0.15) is 12.1 Å². The lowest BCUT2D eigenvalue weighted by Crippen LogP contribution is -2.46. The molecule has 0 amide bonds. The topological polar surface area (TPSA) is 75.9 Å². The Bertz CT molecular complexity index is 971.